The monoisotopic (exact) mass is 352 g/mol. The van der Waals surface area contributed by atoms with Crippen molar-refractivity contribution in [2.75, 3.05) is 33.0 Å². The number of sulfonamides is 1. The lowest BCUT2D eigenvalue weighted by molar-refractivity contribution is 0.111. The molecule has 1 saturated heterocycles. The van der Waals surface area contributed by atoms with Crippen LogP contribution < -0.4 is 9.47 Å². The Hall–Kier alpha value is -1.31. The smallest absolute Gasteiger partial charge is 0.243 e. The van der Waals surface area contributed by atoms with E-state index in [0.29, 0.717) is 30.6 Å². The minimum absolute atomic E-state index is 0.152. The predicted molar refractivity (Wildman–Crippen MR) is 89.8 cm³/mol. The maximum absolute atomic E-state index is 12.9. The van der Waals surface area contributed by atoms with Crippen molar-refractivity contribution >= 4 is 10.0 Å². The molecule has 132 valence electrons. The third-order valence-corrected chi connectivity index (χ3v) is 7.24. The summed E-state index contributed by atoms with van der Waals surface area (Å²) in [5.41, 5.74) is 0. The van der Waals surface area contributed by atoms with Gasteiger partial charge in [-0.05, 0) is 25.0 Å². The van der Waals surface area contributed by atoms with Gasteiger partial charge in [-0.15, -0.1) is 0 Å². The number of hydrogen-bond acceptors (Lipinski definition) is 5. The normalized spacial score (nSPS) is 23.5. The molecule has 0 bridgehead atoms. The molecule has 1 saturated carbocycles. The maximum Gasteiger partial charge on any atom is 0.243 e. The molecule has 0 N–H and O–H groups in total. The van der Waals surface area contributed by atoms with E-state index in [1.165, 1.54) is 32.1 Å². The van der Waals surface area contributed by atoms with E-state index >= 15 is 0 Å². The van der Waals surface area contributed by atoms with Gasteiger partial charge in [-0.2, -0.15) is 4.31 Å². The summed E-state index contributed by atoms with van der Waals surface area (Å²) in [5, 5.41) is 0. The van der Waals surface area contributed by atoms with Gasteiger partial charge in [0.1, 0.15) is 0 Å². The van der Waals surface area contributed by atoms with Crippen molar-refractivity contribution < 1.29 is 17.9 Å². The molecular weight excluding hydrogens is 328 g/mol. The Morgan fingerprint density at radius 1 is 0.917 bits per heavy atom. The number of hydrogen-bond donors (Lipinski definition) is 0. The SMILES string of the molecule is O=S(=O)(c1ccc2c(c1)OCO2)N1CCN(C2CCCCC2)CC1. The lowest BCUT2D eigenvalue weighted by Gasteiger charge is -2.40. The molecule has 0 amide bonds. The Bertz CT molecular complexity index is 693. The number of ether oxygens (including phenoxy) is 2. The highest BCUT2D eigenvalue weighted by molar-refractivity contribution is 7.89. The first kappa shape index (κ1) is 16.2. The zero-order valence-electron chi connectivity index (χ0n) is 13.8. The van der Waals surface area contributed by atoms with E-state index in [9.17, 15) is 8.42 Å². The molecule has 24 heavy (non-hydrogen) atoms. The van der Waals surface area contributed by atoms with Crippen molar-refractivity contribution in [1.29, 1.82) is 0 Å². The van der Waals surface area contributed by atoms with E-state index in [2.05, 4.69) is 4.90 Å². The quantitative estimate of drug-likeness (QED) is 0.833. The molecule has 0 aromatic heterocycles. The molecule has 3 aliphatic rings. The number of nitrogens with zero attached hydrogens (tertiary/aromatic N) is 2. The summed E-state index contributed by atoms with van der Waals surface area (Å²) >= 11 is 0. The van der Waals surface area contributed by atoms with Crippen LogP contribution in [0.2, 0.25) is 0 Å². The zero-order valence-corrected chi connectivity index (χ0v) is 14.6. The molecule has 6 nitrogen and oxygen atoms in total. The van der Waals surface area contributed by atoms with Gasteiger partial charge >= 0.3 is 0 Å². The highest BCUT2D eigenvalue weighted by Crippen LogP contribution is 2.35. The van der Waals surface area contributed by atoms with Gasteiger partial charge in [-0.3, -0.25) is 4.90 Å². The second-order valence-electron chi connectivity index (χ2n) is 6.75. The molecule has 2 heterocycles. The molecule has 0 unspecified atom stereocenters. The first-order valence-electron chi connectivity index (χ1n) is 8.78. The lowest BCUT2D eigenvalue weighted by Crippen LogP contribution is -2.52. The third-order valence-electron chi connectivity index (χ3n) is 5.35. The Morgan fingerprint density at radius 3 is 2.38 bits per heavy atom. The van der Waals surface area contributed by atoms with Gasteiger partial charge in [0.15, 0.2) is 11.5 Å². The summed E-state index contributed by atoms with van der Waals surface area (Å²) < 4.78 is 37.9. The van der Waals surface area contributed by atoms with Crippen LogP contribution in [-0.4, -0.2) is 56.6 Å². The van der Waals surface area contributed by atoms with E-state index in [4.69, 9.17) is 9.47 Å². The standard InChI is InChI=1S/C17H24N2O4S/c20-24(21,15-6-7-16-17(12-15)23-13-22-16)19-10-8-18(9-11-19)14-4-2-1-3-5-14/h6-7,12,14H,1-5,8-11,13H2. The van der Waals surface area contributed by atoms with Gasteiger partial charge in [0, 0.05) is 38.3 Å². The molecule has 0 radical (unpaired) electrons. The van der Waals surface area contributed by atoms with E-state index in [-0.39, 0.29) is 11.7 Å². The fraction of sp³-hybridized carbons (Fsp3) is 0.647. The third kappa shape index (κ3) is 3.00. The van der Waals surface area contributed by atoms with Crippen LogP contribution in [0.25, 0.3) is 0 Å². The highest BCUT2D eigenvalue weighted by Gasteiger charge is 2.32. The topological polar surface area (TPSA) is 59.1 Å². The molecule has 0 spiro atoms. The first-order chi connectivity index (χ1) is 11.6. The Labute approximate surface area is 143 Å². The summed E-state index contributed by atoms with van der Waals surface area (Å²) in [7, 11) is -3.47. The summed E-state index contributed by atoms with van der Waals surface area (Å²) in [5.74, 6) is 1.12. The number of fused-ring (bicyclic) bond motifs is 1. The van der Waals surface area contributed by atoms with Gasteiger partial charge in [0.2, 0.25) is 16.8 Å². The van der Waals surface area contributed by atoms with E-state index < -0.39 is 10.0 Å². The van der Waals surface area contributed by atoms with Gasteiger partial charge < -0.3 is 9.47 Å². The van der Waals surface area contributed by atoms with Crippen molar-refractivity contribution in [3.05, 3.63) is 18.2 Å². The number of piperazine rings is 1. The minimum Gasteiger partial charge on any atom is -0.454 e. The largest absolute Gasteiger partial charge is 0.454 e. The maximum atomic E-state index is 12.9. The number of benzene rings is 1. The summed E-state index contributed by atoms with van der Waals surface area (Å²) in [6, 6.07) is 5.50. The van der Waals surface area contributed by atoms with Crippen LogP contribution in [0.1, 0.15) is 32.1 Å². The summed E-state index contributed by atoms with van der Waals surface area (Å²) in [6.07, 6.45) is 6.47. The van der Waals surface area contributed by atoms with Crippen LogP contribution in [0.4, 0.5) is 0 Å². The fourth-order valence-electron chi connectivity index (χ4n) is 3.94. The van der Waals surface area contributed by atoms with Crippen LogP contribution >= 0.6 is 0 Å². The second-order valence-corrected chi connectivity index (χ2v) is 8.68. The van der Waals surface area contributed by atoms with Gasteiger partial charge in [0.25, 0.3) is 0 Å². The van der Waals surface area contributed by atoms with Crippen LogP contribution in [0.5, 0.6) is 11.5 Å². The summed E-state index contributed by atoms with van der Waals surface area (Å²) in [4.78, 5) is 2.77. The Kier molecular flexibility index (Phi) is 4.40. The van der Waals surface area contributed by atoms with E-state index in [1.807, 2.05) is 0 Å². The molecule has 0 atom stereocenters. The van der Waals surface area contributed by atoms with Crippen molar-refractivity contribution in [3.63, 3.8) is 0 Å². The molecule has 1 aromatic carbocycles. The van der Waals surface area contributed by atoms with E-state index in [0.717, 1.165) is 13.1 Å². The van der Waals surface area contributed by atoms with Crippen molar-refractivity contribution in [3.8, 4) is 11.5 Å². The van der Waals surface area contributed by atoms with Crippen LogP contribution in [-0.2, 0) is 10.0 Å². The van der Waals surface area contributed by atoms with Crippen LogP contribution in [0, 0.1) is 0 Å². The number of rotatable bonds is 3. The van der Waals surface area contributed by atoms with Crippen molar-refractivity contribution in [2.24, 2.45) is 0 Å². The van der Waals surface area contributed by atoms with Gasteiger partial charge in [-0.25, -0.2) is 8.42 Å². The molecule has 4 rings (SSSR count). The Balaban J connectivity index is 1.44. The van der Waals surface area contributed by atoms with Gasteiger partial charge in [-0.1, -0.05) is 19.3 Å². The first-order valence-corrected chi connectivity index (χ1v) is 10.2. The highest BCUT2D eigenvalue weighted by atomic mass is 32.2. The molecular formula is C17H24N2O4S. The zero-order chi connectivity index (χ0) is 16.6. The molecule has 7 heteroatoms. The van der Waals surface area contributed by atoms with Crippen LogP contribution in [0.15, 0.2) is 23.1 Å². The Morgan fingerprint density at radius 2 is 1.62 bits per heavy atom. The predicted octanol–water partition coefficient (Wildman–Crippen LogP) is 2.05. The molecule has 2 fully saturated rings. The van der Waals surface area contributed by atoms with E-state index in [1.54, 1.807) is 22.5 Å². The molecule has 1 aliphatic carbocycles. The molecule has 1 aromatic rings. The molecule has 2 aliphatic heterocycles. The fourth-order valence-corrected chi connectivity index (χ4v) is 5.38. The van der Waals surface area contributed by atoms with Gasteiger partial charge in [0.05, 0.1) is 4.90 Å². The van der Waals surface area contributed by atoms with Crippen molar-refractivity contribution in [1.82, 2.24) is 9.21 Å². The average Bonchev–Trinajstić information content (AvgIpc) is 3.10. The average molecular weight is 352 g/mol. The lowest BCUT2D eigenvalue weighted by atomic mass is 9.94. The van der Waals surface area contributed by atoms with Crippen molar-refractivity contribution in [2.45, 2.75) is 43.0 Å². The van der Waals surface area contributed by atoms with Crippen LogP contribution in [0.3, 0.4) is 0 Å². The summed E-state index contributed by atoms with van der Waals surface area (Å²) in [6.45, 7) is 2.93. The second kappa shape index (κ2) is 6.54. The minimum atomic E-state index is -3.47.